The third kappa shape index (κ3) is 3.32. The lowest BCUT2D eigenvalue weighted by atomic mass is 10.1. The highest BCUT2D eigenvalue weighted by Gasteiger charge is 2.16. The molecule has 23 heavy (non-hydrogen) atoms. The Balaban J connectivity index is 2.50. The van der Waals surface area contributed by atoms with Crippen molar-refractivity contribution < 1.29 is 14.3 Å². The van der Waals surface area contributed by atoms with Gasteiger partial charge in [0.15, 0.2) is 0 Å². The number of hydrogen-bond donors (Lipinski definition) is 3. The van der Waals surface area contributed by atoms with Crippen molar-refractivity contribution in [3.63, 3.8) is 0 Å². The van der Waals surface area contributed by atoms with Gasteiger partial charge in [-0.25, -0.2) is 0 Å². The van der Waals surface area contributed by atoms with Crippen LogP contribution in [0.5, 0.6) is 5.75 Å². The molecule has 1 amide bonds. The van der Waals surface area contributed by atoms with Gasteiger partial charge in [-0.3, -0.25) is 9.59 Å². The number of carbonyl (C=O) groups is 2. The first-order valence-corrected chi connectivity index (χ1v) is 6.80. The molecule has 0 aliphatic rings. The molecule has 0 saturated heterocycles. The molecule has 0 fully saturated rings. The third-order valence-corrected chi connectivity index (χ3v) is 3.15. The monoisotopic (exact) mass is 312 g/mol. The molecule has 1 heterocycles. The second kappa shape index (κ2) is 6.66. The first-order chi connectivity index (χ1) is 11.0. The molecule has 1 aromatic carbocycles. The Hall–Kier alpha value is -3.27. The third-order valence-electron chi connectivity index (χ3n) is 3.15. The quantitative estimate of drug-likeness (QED) is 0.444. The summed E-state index contributed by atoms with van der Waals surface area (Å²) in [6.07, 6.45) is 1.34. The minimum absolute atomic E-state index is 0.00638. The van der Waals surface area contributed by atoms with Crippen LogP contribution in [0.4, 0.5) is 5.69 Å². The molecule has 0 aliphatic carbocycles. The fraction of sp³-hybridized carbons (Fsp3) is 0.188. The summed E-state index contributed by atoms with van der Waals surface area (Å²) in [5.74, 6) is -0.163. The highest BCUT2D eigenvalue weighted by atomic mass is 16.5. The van der Waals surface area contributed by atoms with Gasteiger partial charge in [-0.15, -0.1) is 0 Å². The van der Waals surface area contributed by atoms with Crippen molar-refractivity contribution in [1.29, 1.82) is 5.26 Å². The summed E-state index contributed by atoms with van der Waals surface area (Å²) in [5, 5.41) is 15.1. The van der Waals surface area contributed by atoms with Crippen LogP contribution in [0.3, 0.4) is 0 Å². The van der Waals surface area contributed by atoms with Crippen molar-refractivity contribution in [3.05, 3.63) is 35.7 Å². The Morgan fingerprint density at radius 2 is 2.09 bits per heavy atom. The van der Waals surface area contributed by atoms with Gasteiger partial charge in [0, 0.05) is 31.1 Å². The van der Waals surface area contributed by atoms with Crippen LogP contribution in [-0.4, -0.2) is 30.8 Å². The van der Waals surface area contributed by atoms with E-state index in [1.807, 2.05) is 6.07 Å². The van der Waals surface area contributed by atoms with Crippen LogP contribution >= 0.6 is 0 Å². The SMILES string of the molecule is CNC=C(C#N)C(=O)c1cc2cc(OC)c(NC(C)=O)cc2[nH]1. The lowest BCUT2D eigenvalue weighted by Crippen LogP contribution is -2.07. The highest BCUT2D eigenvalue weighted by molar-refractivity contribution is 6.12. The number of hydrogen-bond acceptors (Lipinski definition) is 5. The molecule has 7 heteroatoms. The topological polar surface area (TPSA) is 107 Å². The number of benzene rings is 1. The number of aromatic nitrogens is 1. The van der Waals surface area contributed by atoms with Gasteiger partial charge in [0.1, 0.15) is 17.4 Å². The van der Waals surface area contributed by atoms with E-state index in [0.29, 0.717) is 17.0 Å². The zero-order valence-electron chi connectivity index (χ0n) is 13.0. The zero-order chi connectivity index (χ0) is 17.0. The number of nitrogens with one attached hydrogen (secondary N) is 3. The molecule has 2 rings (SSSR count). The smallest absolute Gasteiger partial charge is 0.221 e. The minimum Gasteiger partial charge on any atom is -0.495 e. The van der Waals surface area contributed by atoms with E-state index >= 15 is 0 Å². The van der Waals surface area contributed by atoms with Crippen LogP contribution < -0.4 is 15.4 Å². The summed E-state index contributed by atoms with van der Waals surface area (Å²) >= 11 is 0. The molecule has 1 aromatic heterocycles. The molecule has 0 aliphatic heterocycles. The molecule has 0 saturated carbocycles. The number of ketones is 1. The largest absolute Gasteiger partial charge is 0.495 e. The molecule has 0 radical (unpaired) electrons. The van der Waals surface area contributed by atoms with Crippen molar-refractivity contribution in [3.8, 4) is 11.8 Å². The van der Waals surface area contributed by atoms with Crippen molar-refractivity contribution in [1.82, 2.24) is 10.3 Å². The number of anilines is 1. The summed E-state index contributed by atoms with van der Waals surface area (Å²) in [6.45, 7) is 1.40. The number of fused-ring (bicyclic) bond motifs is 1. The maximum absolute atomic E-state index is 12.3. The number of nitriles is 1. The van der Waals surface area contributed by atoms with E-state index in [1.165, 1.54) is 20.2 Å². The number of nitrogens with zero attached hydrogens (tertiary/aromatic N) is 1. The maximum atomic E-state index is 12.3. The minimum atomic E-state index is -0.418. The average molecular weight is 312 g/mol. The van der Waals surface area contributed by atoms with E-state index in [0.717, 1.165) is 5.39 Å². The van der Waals surface area contributed by atoms with Gasteiger partial charge in [0.25, 0.3) is 0 Å². The average Bonchev–Trinajstić information content (AvgIpc) is 2.93. The van der Waals surface area contributed by atoms with Crippen LogP contribution in [0.25, 0.3) is 10.9 Å². The van der Waals surface area contributed by atoms with Crippen LogP contribution in [0.2, 0.25) is 0 Å². The molecule has 118 valence electrons. The summed E-state index contributed by atoms with van der Waals surface area (Å²) in [5.41, 5.74) is 1.43. The first-order valence-electron chi connectivity index (χ1n) is 6.80. The summed E-state index contributed by atoms with van der Waals surface area (Å²) < 4.78 is 5.24. The molecule has 0 atom stereocenters. The summed E-state index contributed by atoms with van der Waals surface area (Å²) in [7, 11) is 3.11. The molecule has 3 N–H and O–H groups in total. The number of aromatic amines is 1. The number of rotatable bonds is 5. The first kappa shape index (κ1) is 16.1. The Kier molecular flexibility index (Phi) is 4.66. The molecule has 7 nitrogen and oxygen atoms in total. The van der Waals surface area contributed by atoms with Gasteiger partial charge in [-0.1, -0.05) is 0 Å². The predicted molar refractivity (Wildman–Crippen MR) is 86.2 cm³/mol. The van der Waals surface area contributed by atoms with E-state index in [1.54, 1.807) is 25.2 Å². The number of Topliss-reactive ketones (excluding diaryl/α,β-unsaturated/α-hetero) is 1. The van der Waals surface area contributed by atoms with Gasteiger partial charge >= 0.3 is 0 Å². The Bertz CT molecular complexity index is 843. The lowest BCUT2D eigenvalue weighted by molar-refractivity contribution is -0.114. The van der Waals surface area contributed by atoms with Crippen molar-refractivity contribution in [2.24, 2.45) is 0 Å². The number of methoxy groups -OCH3 is 1. The summed E-state index contributed by atoms with van der Waals surface area (Å²) in [4.78, 5) is 26.5. The molecular weight excluding hydrogens is 296 g/mol. The fourth-order valence-electron chi connectivity index (χ4n) is 2.18. The molecule has 2 aromatic rings. The number of ether oxygens (including phenoxy) is 1. The number of allylic oxidation sites excluding steroid dienone is 1. The number of amides is 1. The van der Waals surface area contributed by atoms with Crippen molar-refractivity contribution >= 4 is 28.3 Å². The Morgan fingerprint density at radius 1 is 1.35 bits per heavy atom. The molecular formula is C16H16N4O3. The zero-order valence-corrected chi connectivity index (χ0v) is 13.0. The summed E-state index contributed by atoms with van der Waals surface area (Å²) in [6, 6.07) is 6.88. The van der Waals surface area contributed by atoms with Crippen molar-refractivity contribution in [2.45, 2.75) is 6.92 Å². The molecule has 0 spiro atoms. The second-order valence-corrected chi connectivity index (χ2v) is 4.79. The fourth-order valence-corrected chi connectivity index (χ4v) is 2.18. The standard InChI is InChI=1S/C16H16N4O3/c1-9(21)19-13-6-12-10(5-15(13)23-3)4-14(20-12)16(22)11(7-17)8-18-2/h4-6,8,18,20H,1-3H3,(H,19,21). The van der Waals surface area contributed by atoms with Crippen LogP contribution in [0.15, 0.2) is 30.0 Å². The van der Waals surface area contributed by atoms with Crippen LogP contribution in [0, 0.1) is 11.3 Å². The van der Waals surface area contributed by atoms with Gasteiger partial charge in [0.05, 0.1) is 18.5 Å². The van der Waals surface area contributed by atoms with E-state index < -0.39 is 5.78 Å². The van der Waals surface area contributed by atoms with Crippen LogP contribution in [0.1, 0.15) is 17.4 Å². The van der Waals surface area contributed by atoms with E-state index in [4.69, 9.17) is 10.00 Å². The van der Waals surface area contributed by atoms with Crippen molar-refractivity contribution in [2.75, 3.05) is 19.5 Å². The van der Waals surface area contributed by atoms with Gasteiger partial charge in [-0.05, 0) is 18.2 Å². The van der Waals surface area contributed by atoms with Gasteiger partial charge < -0.3 is 20.4 Å². The van der Waals surface area contributed by atoms with Gasteiger partial charge in [0.2, 0.25) is 11.7 Å². The van der Waals surface area contributed by atoms with E-state index in [-0.39, 0.29) is 17.2 Å². The molecule has 0 unspecified atom stereocenters. The normalized spacial score (nSPS) is 11.0. The molecule has 0 bridgehead atoms. The number of carbonyl (C=O) groups excluding carboxylic acids is 2. The van der Waals surface area contributed by atoms with E-state index in [2.05, 4.69) is 15.6 Å². The lowest BCUT2D eigenvalue weighted by Gasteiger charge is -2.08. The van der Waals surface area contributed by atoms with Gasteiger partial charge in [-0.2, -0.15) is 5.26 Å². The highest BCUT2D eigenvalue weighted by Crippen LogP contribution is 2.31. The Labute approximate surface area is 132 Å². The van der Waals surface area contributed by atoms with E-state index in [9.17, 15) is 9.59 Å². The predicted octanol–water partition coefficient (Wildman–Crippen LogP) is 1.94. The number of H-pyrrole nitrogens is 1. The maximum Gasteiger partial charge on any atom is 0.221 e. The second-order valence-electron chi connectivity index (χ2n) is 4.79. The Morgan fingerprint density at radius 3 is 2.65 bits per heavy atom. The van der Waals surface area contributed by atoms with Crippen LogP contribution in [-0.2, 0) is 4.79 Å².